The van der Waals surface area contributed by atoms with E-state index in [1.165, 1.54) is 19.4 Å². The van der Waals surface area contributed by atoms with Crippen LogP contribution in [0.4, 0.5) is 0 Å². The van der Waals surface area contributed by atoms with Crippen molar-refractivity contribution in [2.45, 2.75) is 44.3 Å². The SMILES string of the molecule is CCC(N)C(c1ccccn1)N(C)CC1CCCN1C. The second-order valence-electron chi connectivity index (χ2n) is 5.99. The maximum absolute atomic E-state index is 6.36. The molecule has 20 heavy (non-hydrogen) atoms. The van der Waals surface area contributed by atoms with Crippen LogP contribution in [-0.2, 0) is 0 Å². The maximum atomic E-state index is 6.36. The molecule has 2 heterocycles. The van der Waals surface area contributed by atoms with Crippen LogP contribution in [-0.4, -0.2) is 54.1 Å². The Bertz CT molecular complexity index is 395. The van der Waals surface area contributed by atoms with Crippen LogP contribution in [0.5, 0.6) is 0 Å². The summed E-state index contributed by atoms with van der Waals surface area (Å²) < 4.78 is 0. The quantitative estimate of drug-likeness (QED) is 0.862. The maximum Gasteiger partial charge on any atom is 0.0671 e. The highest BCUT2D eigenvalue weighted by atomic mass is 15.2. The second-order valence-corrected chi connectivity index (χ2v) is 5.99. The molecule has 2 N–H and O–H groups in total. The van der Waals surface area contributed by atoms with Gasteiger partial charge in [-0.05, 0) is 52.0 Å². The third-order valence-corrected chi connectivity index (χ3v) is 4.51. The molecule has 0 saturated carbocycles. The van der Waals surface area contributed by atoms with Crippen molar-refractivity contribution in [3.63, 3.8) is 0 Å². The average molecular weight is 276 g/mol. The lowest BCUT2D eigenvalue weighted by Crippen LogP contribution is -2.44. The van der Waals surface area contributed by atoms with E-state index in [1.807, 2.05) is 18.3 Å². The van der Waals surface area contributed by atoms with Gasteiger partial charge in [-0.1, -0.05) is 13.0 Å². The van der Waals surface area contributed by atoms with E-state index in [-0.39, 0.29) is 12.1 Å². The number of likely N-dealkylation sites (N-methyl/N-ethyl adjacent to an activating group) is 2. The molecule has 3 unspecified atom stereocenters. The fourth-order valence-corrected chi connectivity index (χ4v) is 3.20. The first-order valence-corrected chi connectivity index (χ1v) is 7.70. The number of pyridine rings is 1. The Balaban J connectivity index is 2.10. The molecule has 0 amide bonds. The summed E-state index contributed by atoms with van der Waals surface area (Å²) in [6.45, 7) is 4.42. The molecular formula is C16H28N4. The summed E-state index contributed by atoms with van der Waals surface area (Å²) in [5.74, 6) is 0. The van der Waals surface area contributed by atoms with Crippen LogP contribution in [0, 0.1) is 0 Å². The first-order chi connectivity index (χ1) is 9.63. The van der Waals surface area contributed by atoms with Gasteiger partial charge in [0.15, 0.2) is 0 Å². The van der Waals surface area contributed by atoms with Crippen molar-refractivity contribution < 1.29 is 0 Å². The first-order valence-electron chi connectivity index (χ1n) is 7.70. The summed E-state index contributed by atoms with van der Waals surface area (Å²) in [6.07, 6.45) is 5.42. The molecule has 1 aliphatic rings. The number of aromatic nitrogens is 1. The molecule has 0 aliphatic carbocycles. The van der Waals surface area contributed by atoms with Crippen LogP contribution in [0.25, 0.3) is 0 Å². The third kappa shape index (κ3) is 3.57. The molecule has 1 aliphatic heterocycles. The molecule has 1 aromatic heterocycles. The standard InChI is InChI=1S/C16H28N4/c1-4-14(17)16(15-9-5-6-10-18-15)20(3)12-13-8-7-11-19(13)2/h5-6,9-10,13-14,16H,4,7-8,11-12,17H2,1-3H3. The fourth-order valence-electron chi connectivity index (χ4n) is 3.20. The van der Waals surface area contributed by atoms with Crippen LogP contribution in [0.15, 0.2) is 24.4 Å². The Kier molecular flexibility index (Phi) is 5.52. The lowest BCUT2D eigenvalue weighted by molar-refractivity contribution is 0.155. The predicted octanol–water partition coefficient (Wildman–Crippen LogP) is 1.89. The number of nitrogens with zero attached hydrogens (tertiary/aromatic N) is 3. The Morgan fingerprint density at radius 1 is 1.50 bits per heavy atom. The summed E-state index contributed by atoms with van der Waals surface area (Å²) in [5, 5.41) is 0. The molecule has 0 aromatic carbocycles. The molecule has 0 spiro atoms. The van der Waals surface area contributed by atoms with Gasteiger partial charge >= 0.3 is 0 Å². The fraction of sp³-hybridized carbons (Fsp3) is 0.688. The highest BCUT2D eigenvalue weighted by molar-refractivity contribution is 5.11. The molecule has 112 valence electrons. The molecule has 0 bridgehead atoms. The average Bonchev–Trinajstić information content (AvgIpc) is 2.85. The molecule has 1 saturated heterocycles. The molecule has 1 fully saturated rings. The van der Waals surface area contributed by atoms with Gasteiger partial charge in [-0.2, -0.15) is 0 Å². The number of nitrogens with two attached hydrogens (primary N) is 1. The van der Waals surface area contributed by atoms with Gasteiger partial charge in [0.25, 0.3) is 0 Å². The van der Waals surface area contributed by atoms with Gasteiger partial charge in [0.2, 0.25) is 0 Å². The summed E-state index contributed by atoms with van der Waals surface area (Å²) >= 11 is 0. The van der Waals surface area contributed by atoms with Gasteiger partial charge in [-0.3, -0.25) is 9.88 Å². The largest absolute Gasteiger partial charge is 0.326 e. The van der Waals surface area contributed by atoms with Crippen molar-refractivity contribution in [3.8, 4) is 0 Å². The van der Waals surface area contributed by atoms with Gasteiger partial charge in [-0.25, -0.2) is 0 Å². The van der Waals surface area contributed by atoms with Gasteiger partial charge in [-0.15, -0.1) is 0 Å². The number of likely N-dealkylation sites (tertiary alicyclic amines) is 1. The van der Waals surface area contributed by atoms with E-state index in [2.05, 4.69) is 41.9 Å². The van der Waals surface area contributed by atoms with Crippen LogP contribution < -0.4 is 5.73 Å². The van der Waals surface area contributed by atoms with Gasteiger partial charge in [0, 0.05) is 24.8 Å². The predicted molar refractivity (Wildman–Crippen MR) is 83.5 cm³/mol. The molecule has 0 radical (unpaired) electrons. The van der Waals surface area contributed by atoms with Crippen molar-refractivity contribution in [1.82, 2.24) is 14.8 Å². The minimum absolute atomic E-state index is 0.126. The van der Waals surface area contributed by atoms with E-state index in [9.17, 15) is 0 Å². The zero-order valence-electron chi connectivity index (χ0n) is 13.0. The van der Waals surface area contributed by atoms with Crippen molar-refractivity contribution in [2.24, 2.45) is 5.73 Å². The van der Waals surface area contributed by atoms with Crippen LogP contribution >= 0.6 is 0 Å². The Hall–Kier alpha value is -0.970. The highest BCUT2D eigenvalue weighted by Crippen LogP contribution is 2.24. The Morgan fingerprint density at radius 3 is 2.85 bits per heavy atom. The summed E-state index contributed by atoms with van der Waals surface area (Å²) in [7, 11) is 4.40. The lowest BCUT2D eigenvalue weighted by atomic mass is 10.00. The highest BCUT2D eigenvalue weighted by Gasteiger charge is 2.29. The molecule has 4 nitrogen and oxygen atoms in total. The summed E-state index contributed by atoms with van der Waals surface area (Å²) in [4.78, 5) is 9.38. The smallest absolute Gasteiger partial charge is 0.0671 e. The van der Waals surface area contributed by atoms with Gasteiger partial charge < -0.3 is 10.6 Å². The zero-order chi connectivity index (χ0) is 14.5. The van der Waals surface area contributed by atoms with E-state index in [0.29, 0.717) is 6.04 Å². The number of rotatable bonds is 6. The Labute approximate surface area is 123 Å². The summed E-state index contributed by atoms with van der Waals surface area (Å²) in [5.41, 5.74) is 7.45. The van der Waals surface area contributed by atoms with E-state index in [4.69, 9.17) is 5.73 Å². The minimum atomic E-state index is 0.126. The van der Waals surface area contributed by atoms with Crippen molar-refractivity contribution in [1.29, 1.82) is 0 Å². The van der Waals surface area contributed by atoms with Gasteiger partial charge in [0.1, 0.15) is 0 Å². The van der Waals surface area contributed by atoms with E-state index >= 15 is 0 Å². The third-order valence-electron chi connectivity index (χ3n) is 4.51. The molecule has 1 aromatic rings. The molecule has 4 heteroatoms. The molecule has 2 rings (SSSR count). The first kappa shape index (κ1) is 15.4. The van der Waals surface area contributed by atoms with Gasteiger partial charge in [0.05, 0.1) is 11.7 Å². The number of hydrogen-bond acceptors (Lipinski definition) is 4. The molecule has 3 atom stereocenters. The topological polar surface area (TPSA) is 45.4 Å². The molecular weight excluding hydrogens is 248 g/mol. The number of hydrogen-bond donors (Lipinski definition) is 1. The second kappa shape index (κ2) is 7.16. The normalized spacial score (nSPS) is 23.1. The van der Waals surface area contributed by atoms with E-state index in [1.54, 1.807) is 0 Å². The van der Waals surface area contributed by atoms with Crippen molar-refractivity contribution in [3.05, 3.63) is 30.1 Å². The lowest BCUT2D eigenvalue weighted by Gasteiger charge is -2.35. The Morgan fingerprint density at radius 2 is 2.30 bits per heavy atom. The van der Waals surface area contributed by atoms with Crippen LogP contribution in [0.3, 0.4) is 0 Å². The monoisotopic (exact) mass is 276 g/mol. The minimum Gasteiger partial charge on any atom is -0.326 e. The zero-order valence-corrected chi connectivity index (χ0v) is 13.0. The van der Waals surface area contributed by atoms with E-state index in [0.717, 1.165) is 18.7 Å². The van der Waals surface area contributed by atoms with E-state index < -0.39 is 0 Å². The van der Waals surface area contributed by atoms with Crippen LogP contribution in [0.1, 0.15) is 37.9 Å². The van der Waals surface area contributed by atoms with Crippen molar-refractivity contribution in [2.75, 3.05) is 27.2 Å². The van der Waals surface area contributed by atoms with Crippen LogP contribution in [0.2, 0.25) is 0 Å². The summed E-state index contributed by atoms with van der Waals surface area (Å²) in [6, 6.07) is 7.08. The van der Waals surface area contributed by atoms with Crippen molar-refractivity contribution >= 4 is 0 Å².